The van der Waals surface area contributed by atoms with Gasteiger partial charge in [-0.15, -0.1) is 0 Å². The van der Waals surface area contributed by atoms with Gasteiger partial charge in [0.25, 0.3) is 0 Å². The quantitative estimate of drug-likeness (QED) is 0.662. The average Bonchev–Trinajstić information content (AvgIpc) is 2.19. The Labute approximate surface area is 102 Å². The minimum atomic E-state index is -0.610. The smallest absolute Gasteiger partial charge is 0.149 e. The van der Waals surface area contributed by atoms with Crippen molar-refractivity contribution >= 4 is 21.6 Å². The van der Waals surface area contributed by atoms with Gasteiger partial charge in [-0.1, -0.05) is 0 Å². The fraction of sp³-hybridized carbons (Fsp3) is 0.455. The molecule has 0 saturated heterocycles. The maximum atomic E-state index is 13.3. The van der Waals surface area contributed by atoms with Crippen LogP contribution in [0.15, 0.2) is 16.6 Å². The van der Waals surface area contributed by atoms with Crippen molar-refractivity contribution in [3.63, 3.8) is 0 Å². The number of hydrogen-bond donors (Lipinski definition) is 1. The third-order valence-electron chi connectivity index (χ3n) is 1.88. The van der Waals surface area contributed by atoms with Crippen LogP contribution in [0.25, 0.3) is 0 Å². The summed E-state index contributed by atoms with van der Waals surface area (Å²) in [5.41, 5.74) is 0.264. The lowest BCUT2D eigenvalue weighted by Gasteiger charge is -2.10. The first-order valence-electron chi connectivity index (χ1n) is 5.00. The molecule has 90 valence electrons. The predicted octanol–water partition coefficient (Wildman–Crippen LogP) is 3.56. The normalized spacial score (nSPS) is 10.9. The van der Waals surface area contributed by atoms with Gasteiger partial charge in [-0.05, 0) is 35.8 Å². The van der Waals surface area contributed by atoms with Gasteiger partial charge in [0, 0.05) is 12.6 Å². The van der Waals surface area contributed by atoms with E-state index >= 15 is 0 Å². The molecule has 0 spiro atoms. The first kappa shape index (κ1) is 13.4. The minimum Gasteiger partial charge on any atom is -0.380 e. The first-order chi connectivity index (χ1) is 7.50. The Balaban J connectivity index is 2.51. The maximum absolute atomic E-state index is 13.3. The molecule has 0 bridgehead atoms. The second-order valence-electron chi connectivity index (χ2n) is 3.59. The lowest BCUT2D eigenvalue weighted by Crippen LogP contribution is -2.13. The van der Waals surface area contributed by atoms with Crippen LogP contribution >= 0.6 is 15.9 Å². The molecule has 5 heteroatoms. The van der Waals surface area contributed by atoms with E-state index in [1.54, 1.807) is 0 Å². The fourth-order valence-corrected chi connectivity index (χ4v) is 1.48. The van der Waals surface area contributed by atoms with Crippen LogP contribution in [0, 0.1) is 11.6 Å². The van der Waals surface area contributed by atoms with Crippen LogP contribution < -0.4 is 5.32 Å². The van der Waals surface area contributed by atoms with E-state index in [0.29, 0.717) is 13.2 Å². The molecule has 2 nitrogen and oxygen atoms in total. The molecular formula is C11H14BrF2NO. The van der Waals surface area contributed by atoms with Crippen molar-refractivity contribution in [2.45, 2.75) is 20.0 Å². The Bertz CT molecular complexity index is 358. The number of rotatable bonds is 5. The summed E-state index contributed by atoms with van der Waals surface area (Å²) >= 11 is 3.00. The number of ether oxygens (including phenoxy) is 1. The van der Waals surface area contributed by atoms with Crippen LogP contribution in [0.2, 0.25) is 0 Å². The highest BCUT2D eigenvalue weighted by Gasteiger charge is 2.07. The molecule has 0 amide bonds. The lowest BCUT2D eigenvalue weighted by molar-refractivity contribution is 0.0870. The second-order valence-corrected chi connectivity index (χ2v) is 4.45. The third kappa shape index (κ3) is 4.06. The van der Waals surface area contributed by atoms with Crippen molar-refractivity contribution in [3.8, 4) is 0 Å². The van der Waals surface area contributed by atoms with Gasteiger partial charge >= 0.3 is 0 Å². The largest absolute Gasteiger partial charge is 0.380 e. The van der Waals surface area contributed by atoms with Gasteiger partial charge in [0.05, 0.1) is 22.9 Å². The average molecular weight is 294 g/mol. The Hall–Kier alpha value is -0.680. The summed E-state index contributed by atoms with van der Waals surface area (Å²) in [6.07, 6.45) is 0.145. The zero-order valence-electron chi connectivity index (χ0n) is 9.19. The van der Waals surface area contributed by atoms with Gasteiger partial charge in [0.2, 0.25) is 0 Å². The van der Waals surface area contributed by atoms with Crippen molar-refractivity contribution in [1.29, 1.82) is 0 Å². The number of hydrogen-bond acceptors (Lipinski definition) is 2. The summed E-state index contributed by atoms with van der Waals surface area (Å²) in [5, 5.41) is 2.84. The zero-order chi connectivity index (χ0) is 12.1. The van der Waals surface area contributed by atoms with E-state index in [2.05, 4.69) is 21.2 Å². The van der Waals surface area contributed by atoms with Crippen molar-refractivity contribution in [2.75, 3.05) is 18.5 Å². The number of halogens is 3. The molecule has 0 aliphatic heterocycles. The van der Waals surface area contributed by atoms with Crippen LogP contribution in [0.1, 0.15) is 13.8 Å². The van der Waals surface area contributed by atoms with Gasteiger partial charge in [-0.3, -0.25) is 0 Å². The zero-order valence-corrected chi connectivity index (χ0v) is 10.8. The topological polar surface area (TPSA) is 21.3 Å². The van der Waals surface area contributed by atoms with Crippen LogP contribution in [-0.2, 0) is 4.74 Å². The molecule has 0 aliphatic rings. The summed E-state index contributed by atoms with van der Waals surface area (Å²) in [5.74, 6) is -1.22. The van der Waals surface area contributed by atoms with E-state index in [4.69, 9.17) is 4.74 Å². The van der Waals surface area contributed by atoms with Crippen LogP contribution in [-0.4, -0.2) is 19.3 Å². The summed E-state index contributed by atoms with van der Waals surface area (Å²) < 4.78 is 31.7. The highest BCUT2D eigenvalue weighted by Crippen LogP contribution is 2.23. The number of nitrogens with one attached hydrogen (secondary N) is 1. The van der Waals surface area contributed by atoms with Crippen LogP contribution in [0.3, 0.4) is 0 Å². The minimum absolute atomic E-state index is 0.145. The molecule has 0 fully saturated rings. The van der Waals surface area contributed by atoms with Crippen molar-refractivity contribution in [2.24, 2.45) is 0 Å². The standard InChI is InChI=1S/C11H14BrF2NO/c1-7(2)16-4-3-15-11-5-8(12)9(13)6-10(11)14/h5-7,15H,3-4H2,1-2H3. The van der Waals surface area contributed by atoms with Gasteiger partial charge in [-0.2, -0.15) is 0 Å². The third-order valence-corrected chi connectivity index (χ3v) is 2.49. The first-order valence-corrected chi connectivity index (χ1v) is 5.80. The number of anilines is 1. The molecule has 0 unspecified atom stereocenters. The Kier molecular flexibility index (Phi) is 5.15. The Morgan fingerprint density at radius 2 is 2.00 bits per heavy atom. The molecule has 0 aromatic heterocycles. The lowest BCUT2D eigenvalue weighted by atomic mass is 10.3. The van der Waals surface area contributed by atoms with Gasteiger partial charge < -0.3 is 10.1 Å². The Morgan fingerprint density at radius 1 is 1.31 bits per heavy atom. The summed E-state index contributed by atoms with van der Waals surface area (Å²) in [7, 11) is 0. The molecule has 1 N–H and O–H groups in total. The summed E-state index contributed by atoms with van der Waals surface area (Å²) in [4.78, 5) is 0. The molecule has 0 aliphatic carbocycles. The van der Waals surface area contributed by atoms with E-state index in [1.165, 1.54) is 6.07 Å². The van der Waals surface area contributed by atoms with Crippen LogP contribution in [0.5, 0.6) is 0 Å². The van der Waals surface area contributed by atoms with E-state index < -0.39 is 11.6 Å². The van der Waals surface area contributed by atoms with Crippen molar-refractivity contribution in [3.05, 3.63) is 28.2 Å². The maximum Gasteiger partial charge on any atom is 0.149 e. The predicted molar refractivity (Wildman–Crippen MR) is 63.6 cm³/mol. The molecule has 0 saturated carbocycles. The van der Waals surface area contributed by atoms with E-state index in [9.17, 15) is 8.78 Å². The highest BCUT2D eigenvalue weighted by molar-refractivity contribution is 9.10. The summed E-state index contributed by atoms with van der Waals surface area (Å²) in [6, 6.07) is 2.22. The molecule has 1 aromatic carbocycles. The molecule has 0 heterocycles. The molecular weight excluding hydrogens is 280 g/mol. The van der Waals surface area contributed by atoms with E-state index in [1.807, 2.05) is 13.8 Å². The summed E-state index contributed by atoms with van der Waals surface area (Å²) in [6.45, 7) is 4.81. The molecule has 1 rings (SSSR count). The molecule has 0 radical (unpaired) electrons. The monoisotopic (exact) mass is 293 g/mol. The SMILES string of the molecule is CC(C)OCCNc1cc(Br)c(F)cc1F. The van der Waals surface area contributed by atoms with Gasteiger partial charge in [0.15, 0.2) is 0 Å². The van der Waals surface area contributed by atoms with Crippen LogP contribution in [0.4, 0.5) is 14.5 Å². The van der Waals surface area contributed by atoms with Crippen molar-refractivity contribution in [1.82, 2.24) is 0 Å². The fourth-order valence-electron chi connectivity index (χ4n) is 1.14. The number of benzene rings is 1. The van der Waals surface area contributed by atoms with Gasteiger partial charge in [0.1, 0.15) is 11.6 Å². The second kappa shape index (κ2) is 6.15. The van der Waals surface area contributed by atoms with E-state index in [0.717, 1.165) is 6.07 Å². The molecule has 1 aromatic rings. The molecule has 16 heavy (non-hydrogen) atoms. The highest BCUT2D eigenvalue weighted by atomic mass is 79.9. The Morgan fingerprint density at radius 3 is 2.62 bits per heavy atom. The molecule has 0 atom stereocenters. The van der Waals surface area contributed by atoms with Crippen molar-refractivity contribution < 1.29 is 13.5 Å². The van der Waals surface area contributed by atoms with E-state index in [-0.39, 0.29) is 16.3 Å². The van der Waals surface area contributed by atoms with Gasteiger partial charge in [-0.25, -0.2) is 8.78 Å².